The molecule has 0 spiro atoms. The number of thiazole rings is 1. The highest BCUT2D eigenvalue weighted by molar-refractivity contribution is 7.12. The molecule has 0 fully saturated rings. The Morgan fingerprint density at radius 3 is 2.28 bits per heavy atom. The maximum atomic E-state index is 11.6. The van der Waals surface area contributed by atoms with Gasteiger partial charge in [-0.15, -0.1) is 11.3 Å². The summed E-state index contributed by atoms with van der Waals surface area (Å²) in [6.07, 6.45) is 0.497. The zero-order valence-corrected chi connectivity index (χ0v) is 17.1. The number of nitrogens with zero attached hydrogens (tertiary/aromatic N) is 3. The Balaban J connectivity index is 1.89. The SMILES string of the molecule is CCC(C(=O)O)c1csc(-n2nc(-c3ccccc3)c(C)c2-c2ccccc2)n1. The molecule has 1 N–H and O–H groups in total. The third-order valence-corrected chi connectivity index (χ3v) is 5.81. The zero-order valence-electron chi connectivity index (χ0n) is 16.2. The number of rotatable bonds is 6. The van der Waals surface area contributed by atoms with Crippen molar-refractivity contribution in [3.05, 3.63) is 77.3 Å². The molecule has 5 nitrogen and oxygen atoms in total. The topological polar surface area (TPSA) is 68.0 Å². The lowest BCUT2D eigenvalue weighted by atomic mass is 10.0. The predicted octanol–water partition coefficient (Wildman–Crippen LogP) is 5.55. The van der Waals surface area contributed by atoms with Gasteiger partial charge in [-0.05, 0) is 13.3 Å². The van der Waals surface area contributed by atoms with E-state index in [4.69, 9.17) is 5.10 Å². The summed E-state index contributed by atoms with van der Waals surface area (Å²) >= 11 is 1.42. The molecule has 0 saturated heterocycles. The van der Waals surface area contributed by atoms with Crippen LogP contribution in [0.5, 0.6) is 0 Å². The fourth-order valence-electron chi connectivity index (χ4n) is 3.48. The van der Waals surface area contributed by atoms with Gasteiger partial charge in [0.1, 0.15) is 0 Å². The molecule has 0 radical (unpaired) electrons. The maximum Gasteiger partial charge on any atom is 0.312 e. The fourth-order valence-corrected chi connectivity index (χ4v) is 4.32. The van der Waals surface area contributed by atoms with E-state index in [-0.39, 0.29) is 0 Å². The van der Waals surface area contributed by atoms with E-state index in [9.17, 15) is 9.90 Å². The first-order chi connectivity index (χ1) is 14.1. The number of aliphatic carboxylic acids is 1. The maximum absolute atomic E-state index is 11.6. The third kappa shape index (κ3) is 3.59. The highest BCUT2D eigenvalue weighted by Gasteiger charge is 2.24. The number of carboxylic acids is 1. The van der Waals surface area contributed by atoms with E-state index in [0.717, 1.165) is 28.1 Å². The molecule has 0 aliphatic carbocycles. The monoisotopic (exact) mass is 403 g/mol. The van der Waals surface area contributed by atoms with Crippen molar-refractivity contribution in [3.8, 4) is 27.6 Å². The first-order valence-corrected chi connectivity index (χ1v) is 10.4. The summed E-state index contributed by atoms with van der Waals surface area (Å²) in [5, 5.41) is 16.9. The summed E-state index contributed by atoms with van der Waals surface area (Å²) in [6, 6.07) is 20.1. The lowest BCUT2D eigenvalue weighted by Crippen LogP contribution is -2.11. The third-order valence-electron chi connectivity index (χ3n) is 4.97. The van der Waals surface area contributed by atoms with Crippen LogP contribution in [0.2, 0.25) is 0 Å². The van der Waals surface area contributed by atoms with Gasteiger partial charge in [-0.2, -0.15) is 5.10 Å². The van der Waals surface area contributed by atoms with E-state index in [1.807, 2.05) is 65.5 Å². The van der Waals surface area contributed by atoms with Gasteiger partial charge in [0.05, 0.1) is 23.0 Å². The van der Waals surface area contributed by atoms with Crippen molar-refractivity contribution in [1.29, 1.82) is 0 Å². The van der Waals surface area contributed by atoms with Crippen molar-refractivity contribution >= 4 is 17.3 Å². The van der Waals surface area contributed by atoms with Gasteiger partial charge in [0.15, 0.2) is 0 Å². The molecule has 2 aromatic heterocycles. The van der Waals surface area contributed by atoms with Gasteiger partial charge in [0.2, 0.25) is 5.13 Å². The van der Waals surface area contributed by atoms with Crippen LogP contribution in [0.4, 0.5) is 0 Å². The summed E-state index contributed by atoms with van der Waals surface area (Å²) in [7, 11) is 0. The molecule has 4 rings (SSSR count). The van der Waals surface area contributed by atoms with Crippen LogP contribution < -0.4 is 0 Å². The van der Waals surface area contributed by atoms with Gasteiger partial charge in [-0.1, -0.05) is 67.6 Å². The van der Waals surface area contributed by atoms with Crippen LogP contribution in [0.15, 0.2) is 66.0 Å². The second-order valence-electron chi connectivity index (χ2n) is 6.82. The van der Waals surface area contributed by atoms with Crippen LogP contribution in [0.25, 0.3) is 27.6 Å². The van der Waals surface area contributed by atoms with Gasteiger partial charge in [-0.25, -0.2) is 9.67 Å². The average molecular weight is 404 g/mol. The van der Waals surface area contributed by atoms with Gasteiger partial charge >= 0.3 is 5.97 Å². The van der Waals surface area contributed by atoms with Crippen molar-refractivity contribution in [3.63, 3.8) is 0 Å². The Kier molecular flexibility index (Phi) is 5.27. The van der Waals surface area contributed by atoms with Gasteiger partial charge in [0.25, 0.3) is 0 Å². The Labute approximate surface area is 173 Å². The van der Waals surface area contributed by atoms with Crippen molar-refractivity contribution in [2.45, 2.75) is 26.2 Å². The van der Waals surface area contributed by atoms with Crippen LogP contribution in [0, 0.1) is 6.92 Å². The smallest absolute Gasteiger partial charge is 0.312 e. The van der Waals surface area contributed by atoms with Crippen molar-refractivity contribution in [1.82, 2.24) is 14.8 Å². The fraction of sp³-hybridized carbons (Fsp3) is 0.174. The molecule has 1 atom stereocenters. The molecule has 0 saturated carbocycles. The van der Waals surface area contributed by atoms with Crippen LogP contribution >= 0.6 is 11.3 Å². The van der Waals surface area contributed by atoms with E-state index >= 15 is 0 Å². The summed E-state index contributed by atoms with van der Waals surface area (Å²) < 4.78 is 1.84. The van der Waals surface area contributed by atoms with E-state index in [2.05, 4.69) is 24.0 Å². The summed E-state index contributed by atoms with van der Waals surface area (Å²) in [5.74, 6) is -1.46. The summed E-state index contributed by atoms with van der Waals surface area (Å²) in [4.78, 5) is 16.2. The number of carboxylic acid groups (broad SMARTS) is 1. The largest absolute Gasteiger partial charge is 0.481 e. The molecule has 29 heavy (non-hydrogen) atoms. The molecule has 4 aromatic rings. The molecule has 0 amide bonds. The molecule has 0 bridgehead atoms. The lowest BCUT2D eigenvalue weighted by molar-refractivity contribution is -0.138. The second-order valence-corrected chi connectivity index (χ2v) is 7.66. The van der Waals surface area contributed by atoms with Crippen LogP contribution in [-0.4, -0.2) is 25.8 Å². The molecule has 0 aliphatic heterocycles. The van der Waals surface area contributed by atoms with Gasteiger partial charge < -0.3 is 5.11 Å². The zero-order chi connectivity index (χ0) is 20.4. The lowest BCUT2D eigenvalue weighted by Gasteiger charge is -2.07. The van der Waals surface area contributed by atoms with Crippen LogP contribution in [-0.2, 0) is 4.79 Å². The van der Waals surface area contributed by atoms with Crippen LogP contribution in [0.3, 0.4) is 0 Å². The number of hydrogen-bond acceptors (Lipinski definition) is 4. The minimum atomic E-state index is -0.853. The number of aromatic nitrogens is 3. The molecule has 146 valence electrons. The van der Waals surface area contributed by atoms with E-state index < -0.39 is 11.9 Å². The molecule has 2 heterocycles. The Morgan fingerprint density at radius 1 is 1.07 bits per heavy atom. The van der Waals surface area contributed by atoms with Crippen LogP contribution in [0.1, 0.15) is 30.5 Å². The summed E-state index contributed by atoms with van der Waals surface area (Å²) in [6.45, 7) is 3.92. The standard InChI is InChI=1S/C23H21N3O2S/c1-3-18(22(27)28)19-14-29-23(24-19)26-21(17-12-8-5-9-13-17)15(2)20(25-26)16-10-6-4-7-11-16/h4-14,18H,3H2,1-2H3,(H,27,28). The highest BCUT2D eigenvalue weighted by Crippen LogP contribution is 2.35. The van der Waals surface area contributed by atoms with E-state index in [0.29, 0.717) is 17.2 Å². The van der Waals surface area contributed by atoms with Crippen molar-refractivity contribution < 1.29 is 9.90 Å². The summed E-state index contributed by atoms with van der Waals surface area (Å²) in [5.41, 5.74) is 5.58. The van der Waals surface area contributed by atoms with Crippen molar-refractivity contribution in [2.75, 3.05) is 0 Å². The first-order valence-electron chi connectivity index (χ1n) is 9.49. The molecular formula is C23H21N3O2S. The molecular weight excluding hydrogens is 382 g/mol. The second kappa shape index (κ2) is 8.01. The molecule has 2 aromatic carbocycles. The normalized spacial score (nSPS) is 12.1. The van der Waals surface area contributed by atoms with E-state index in [1.165, 1.54) is 11.3 Å². The number of hydrogen-bond donors (Lipinski definition) is 1. The Morgan fingerprint density at radius 2 is 1.69 bits per heavy atom. The van der Waals surface area contributed by atoms with E-state index in [1.54, 1.807) is 0 Å². The minimum absolute atomic E-state index is 0.497. The number of carbonyl (C=O) groups is 1. The molecule has 1 unspecified atom stereocenters. The average Bonchev–Trinajstić information content (AvgIpc) is 3.34. The number of benzene rings is 2. The molecule has 0 aliphatic rings. The van der Waals surface area contributed by atoms with Gasteiger partial charge in [0, 0.05) is 22.1 Å². The Hall–Kier alpha value is -3.25. The van der Waals surface area contributed by atoms with Gasteiger partial charge in [-0.3, -0.25) is 4.79 Å². The predicted molar refractivity (Wildman–Crippen MR) is 116 cm³/mol. The Bertz CT molecular complexity index is 1130. The quantitative estimate of drug-likeness (QED) is 0.458. The first kappa shape index (κ1) is 19.1. The highest BCUT2D eigenvalue weighted by atomic mass is 32.1. The molecule has 6 heteroatoms. The van der Waals surface area contributed by atoms with Crippen molar-refractivity contribution in [2.24, 2.45) is 0 Å². The minimum Gasteiger partial charge on any atom is -0.481 e.